The normalized spacial score (nSPS) is 14.4. The molecule has 1 heterocycles. The minimum absolute atomic E-state index is 0.0143. The minimum atomic E-state index is -0.137. The van der Waals surface area contributed by atoms with Crippen LogP contribution >= 0.6 is 0 Å². The minimum Gasteiger partial charge on any atom is -0.352 e. The third-order valence-corrected chi connectivity index (χ3v) is 4.85. The Morgan fingerprint density at radius 3 is 2.52 bits per heavy atom. The van der Waals surface area contributed by atoms with E-state index >= 15 is 0 Å². The highest BCUT2D eigenvalue weighted by Gasteiger charge is 2.32. The second kappa shape index (κ2) is 7.64. The Kier molecular flexibility index (Phi) is 5.31. The van der Waals surface area contributed by atoms with Gasteiger partial charge in [-0.3, -0.25) is 14.3 Å². The molecule has 1 aromatic heterocycles. The first-order valence-electron chi connectivity index (χ1n) is 9.03. The van der Waals surface area contributed by atoms with Crippen LogP contribution in [0.4, 0.5) is 0 Å². The Labute approximate surface area is 148 Å². The lowest BCUT2D eigenvalue weighted by molar-refractivity contribution is -0.138. The van der Waals surface area contributed by atoms with Crippen LogP contribution in [0.25, 0.3) is 0 Å². The van der Waals surface area contributed by atoms with E-state index in [0.29, 0.717) is 19.4 Å². The van der Waals surface area contributed by atoms with E-state index in [1.54, 1.807) is 0 Å². The van der Waals surface area contributed by atoms with E-state index in [2.05, 4.69) is 36.0 Å². The van der Waals surface area contributed by atoms with E-state index in [4.69, 9.17) is 5.10 Å². The SMILES string of the molecule is CCc1nn(Cc2ccccc2)c(CC)c1CNC(=O)C1CC(=O)C1. The molecule has 0 saturated heterocycles. The van der Waals surface area contributed by atoms with Crippen LogP contribution in [0.1, 0.15) is 49.2 Å². The summed E-state index contributed by atoms with van der Waals surface area (Å²) in [5.74, 6) is 0.0286. The third-order valence-electron chi connectivity index (χ3n) is 4.85. The van der Waals surface area contributed by atoms with Crippen molar-refractivity contribution >= 4 is 11.7 Å². The van der Waals surface area contributed by atoms with Crippen LogP contribution in [0.3, 0.4) is 0 Å². The molecular weight excluding hydrogens is 314 g/mol. The molecule has 5 heteroatoms. The van der Waals surface area contributed by atoms with Crippen LogP contribution in [0.15, 0.2) is 30.3 Å². The number of carbonyl (C=O) groups is 2. The number of aromatic nitrogens is 2. The second-order valence-electron chi connectivity index (χ2n) is 6.58. The molecule has 1 aliphatic rings. The van der Waals surface area contributed by atoms with Crippen molar-refractivity contribution in [1.29, 1.82) is 0 Å². The summed E-state index contributed by atoms with van der Waals surface area (Å²) in [6.45, 7) is 5.44. The fraction of sp³-hybridized carbons (Fsp3) is 0.450. The van der Waals surface area contributed by atoms with Gasteiger partial charge in [0.1, 0.15) is 5.78 Å². The molecule has 2 aromatic rings. The number of Topliss-reactive ketones (excluding diaryl/α,β-unsaturated/α-hetero) is 1. The lowest BCUT2D eigenvalue weighted by Crippen LogP contribution is -2.38. The van der Waals surface area contributed by atoms with Gasteiger partial charge in [0.2, 0.25) is 5.91 Å². The molecule has 0 bridgehead atoms. The van der Waals surface area contributed by atoms with Gasteiger partial charge in [-0.2, -0.15) is 5.10 Å². The van der Waals surface area contributed by atoms with Crippen molar-refractivity contribution in [2.75, 3.05) is 0 Å². The second-order valence-corrected chi connectivity index (χ2v) is 6.58. The maximum Gasteiger partial charge on any atom is 0.224 e. The Bertz CT molecular complexity index is 757. The zero-order valence-corrected chi connectivity index (χ0v) is 14.9. The van der Waals surface area contributed by atoms with Crippen LogP contribution in [-0.2, 0) is 35.5 Å². The number of nitrogens with one attached hydrogen (secondary N) is 1. The van der Waals surface area contributed by atoms with Crippen molar-refractivity contribution in [3.05, 3.63) is 52.8 Å². The van der Waals surface area contributed by atoms with Crippen molar-refractivity contribution < 1.29 is 9.59 Å². The number of amides is 1. The fourth-order valence-corrected chi connectivity index (χ4v) is 3.36. The molecule has 0 atom stereocenters. The van der Waals surface area contributed by atoms with Crippen molar-refractivity contribution in [1.82, 2.24) is 15.1 Å². The average Bonchev–Trinajstić information content (AvgIpc) is 2.94. The predicted molar refractivity (Wildman–Crippen MR) is 96.1 cm³/mol. The number of carbonyl (C=O) groups excluding carboxylic acids is 2. The molecule has 0 radical (unpaired) electrons. The van der Waals surface area contributed by atoms with Gasteiger partial charge in [-0.05, 0) is 18.4 Å². The molecule has 1 aliphatic carbocycles. The summed E-state index contributed by atoms with van der Waals surface area (Å²) in [4.78, 5) is 23.2. The van der Waals surface area contributed by atoms with E-state index in [1.807, 2.05) is 18.2 Å². The predicted octanol–water partition coefficient (Wildman–Crippen LogP) is 2.65. The topological polar surface area (TPSA) is 64.0 Å². The summed E-state index contributed by atoms with van der Waals surface area (Å²) in [6.07, 6.45) is 2.48. The van der Waals surface area contributed by atoms with E-state index in [9.17, 15) is 9.59 Å². The molecule has 25 heavy (non-hydrogen) atoms. The lowest BCUT2D eigenvalue weighted by Gasteiger charge is -2.23. The summed E-state index contributed by atoms with van der Waals surface area (Å²) in [5, 5.41) is 7.78. The highest BCUT2D eigenvalue weighted by Crippen LogP contribution is 2.23. The maximum absolute atomic E-state index is 12.2. The van der Waals surface area contributed by atoms with E-state index < -0.39 is 0 Å². The quantitative estimate of drug-likeness (QED) is 0.843. The highest BCUT2D eigenvalue weighted by molar-refractivity contribution is 5.96. The van der Waals surface area contributed by atoms with E-state index in [1.165, 1.54) is 11.3 Å². The molecule has 1 saturated carbocycles. The maximum atomic E-state index is 12.2. The van der Waals surface area contributed by atoms with Gasteiger partial charge < -0.3 is 5.32 Å². The largest absolute Gasteiger partial charge is 0.352 e. The van der Waals surface area contributed by atoms with Gasteiger partial charge in [0.05, 0.1) is 18.2 Å². The number of rotatable bonds is 7. The Balaban J connectivity index is 1.75. The van der Waals surface area contributed by atoms with Gasteiger partial charge in [-0.1, -0.05) is 44.2 Å². The zero-order chi connectivity index (χ0) is 17.8. The lowest BCUT2D eigenvalue weighted by atomic mass is 9.83. The number of ketones is 1. The van der Waals surface area contributed by atoms with Crippen LogP contribution in [0, 0.1) is 5.92 Å². The van der Waals surface area contributed by atoms with Crippen LogP contribution < -0.4 is 5.32 Å². The molecule has 5 nitrogen and oxygen atoms in total. The summed E-state index contributed by atoms with van der Waals surface area (Å²) >= 11 is 0. The van der Waals surface area contributed by atoms with Crippen molar-refractivity contribution in [2.24, 2.45) is 5.92 Å². The molecule has 3 rings (SSSR count). The number of hydrogen-bond acceptors (Lipinski definition) is 3. The molecule has 0 unspecified atom stereocenters. The molecule has 1 aromatic carbocycles. The van der Waals surface area contributed by atoms with E-state index in [-0.39, 0.29) is 17.6 Å². The number of hydrogen-bond donors (Lipinski definition) is 1. The molecule has 1 N–H and O–H groups in total. The Morgan fingerprint density at radius 1 is 1.20 bits per heavy atom. The Morgan fingerprint density at radius 2 is 1.92 bits per heavy atom. The van der Waals surface area contributed by atoms with Gasteiger partial charge in [0, 0.05) is 30.6 Å². The number of aryl methyl sites for hydroxylation is 1. The van der Waals surface area contributed by atoms with Crippen LogP contribution in [-0.4, -0.2) is 21.5 Å². The monoisotopic (exact) mass is 339 g/mol. The summed E-state index contributed by atoms with van der Waals surface area (Å²) in [6, 6.07) is 10.3. The van der Waals surface area contributed by atoms with Gasteiger partial charge in [0.25, 0.3) is 0 Å². The van der Waals surface area contributed by atoms with Gasteiger partial charge >= 0.3 is 0 Å². The van der Waals surface area contributed by atoms with Crippen molar-refractivity contribution in [3.8, 4) is 0 Å². The van der Waals surface area contributed by atoms with Crippen LogP contribution in [0.2, 0.25) is 0 Å². The zero-order valence-electron chi connectivity index (χ0n) is 14.9. The first-order valence-corrected chi connectivity index (χ1v) is 9.03. The molecule has 1 amide bonds. The first-order chi connectivity index (χ1) is 12.1. The molecular formula is C20H25N3O2. The van der Waals surface area contributed by atoms with E-state index in [0.717, 1.165) is 30.6 Å². The van der Waals surface area contributed by atoms with Crippen LogP contribution in [0.5, 0.6) is 0 Å². The molecule has 0 spiro atoms. The van der Waals surface area contributed by atoms with Gasteiger partial charge in [0.15, 0.2) is 0 Å². The smallest absolute Gasteiger partial charge is 0.224 e. The highest BCUT2D eigenvalue weighted by atomic mass is 16.2. The molecule has 1 fully saturated rings. The third kappa shape index (κ3) is 3.81. The summed E-state index contributed by atoms with van der Waals surface area (Å²) in [7, 11) is 0. The molecule has 0 aliphatic heterocycles. The fourth-order valence-electron chi connectivity index (χ4n) is 3.36. The first kappa shape index (κ1) is 17.4. The molecule has 132 valence electrons. The number of nitrogens with zero attached hydrogens (tertiary/aromatic N) is 2. The van der Waals surface area contributed by atoms with Gasteiger partial charge in [-0.25, -0.2) is 0 Å². The average molecular weight is 339 g/mol. The van der Waals surface area contributed by atoms with Gasteiger partial charge in [-0.15, -0.1) is 0 Å². The summed E-state index contributed by atoms with van der Waals surface area (Å²) in [5.41, 5.74) is 4.55. The number of benzene rings is 1. The Hall–Kier alpha value is -2.43. The standard InChI is InChI=1S/C20H25N3O2/c1-3-18-17(12-21-20(25)15-10-16(24)11-15)19(4-2)23(22-18)13-14-8-6-5-7-9-14/h5-9,15H,3-4,10-13H2,1-2H3,(H,21,25). The summed E-state index contributed by atoms with van der Waals surface area (Å²) < 4.78 is 2.06. The van der Waals surface area contributed by atoms with Crippen molar-refractivity contribution in [2.45, 2.75) is 52.6 Å². The van der Waals surface area contributed by atoms with Crippen molar-refractivity contribution in [3.63, 3.8) is 0 Å².